The SMILES string of the molecule is O=C1Oc2c(Cl)cc(Cl)cc2[C@@H]([C@@H]2CCCCC2=O)[C@@H]1C(=O)c1ccccc1. The van der Waals surface area contributed by atoms with E-state index in [9.17, 15) is 14.4 Å². The summed E-state index contributed by atoms with van der Waals surface area (Å²) in [6.45, 7) is 0. The van der Waals surface area contributed by atoms with Crippen molar-refractivity contribution in [2.45, 2.75) is 31.6 Å². The summed E-state index contributed by atoms with van der Waals surface area (Å²) >= 11 is 12.5. The Morgan fingerprint density at radius 2 is 1.79 bits per heavy atom. The van der Waals surface area contributed by atoms with E-state index in [1.165, 1.54) is 6.07 Å². The van der Waals surface area contributed by atoms with Gasteiger partial charge in [-0.05, 0) is 25.0 Å². The minimum Gasteiger partial charge on any atom is -0.424 e. The van der Waals surface area contributed by atoms with E-state index < -0.39 is 23.7 Å². The first-order valence-corrected chi connectivity index (χ1v) is 10.1. The summed E-state index contributed by atoms with van der Waals surface area (Å²) in [6, 6.07) is 11.8. The van der Waals surface area contributed by atoms with Crippen molar-refractivity contribution in [1.82, 2.24) is 0 Å². The highest BCUT2D eigenvalue weighted by Gasteiger charge is 2.49. The minimum absolute atomic E-state index is 0.0684. The van der Waals surface area contributed by atoms with E-state index in [2.05, 4.69) is 0 Å². The second-order valence-corrected chi connectivity index (χ2v) is 8.12. The molecule has 0 bridgehead atoms. The molecule has 1 fully saturated rings. The summed E-state index contributed by atoms with van der Waals surface area (Å²) in [5.74, 6) is -2.92. The third-order valence-corrected chi connectivity index (χ3v) is 6.09. The Morgan fingerprint density at radius 1 is 1.04 bits per heavy atom. The zero-order valence-corrected chi connectivity index (χ0v) is 16.5. The Morgan fingerprint density at radius 3 is 2.50 bits per heavy atom. The molecule has 3 atom stereocenters. The maximum Gasteiger partial charge on any atom is 0.322 e. The number of carbonyl (C=O) groups excluding carboxylic acids is 3. The Hall–Kier alpha value is -2.17. The first kappa shape index (κ1) is 19.2. The number of esters is 1. The molecule has 6 heteroatoms. The summed E-state index contributed by atoms with van der Waals surface area (Å²) in [7, 11) is 0. The largest absolute Gasteiger partial charge is 0.424 e. The average Bonchev–Trinajstić information content (AvgIpc) is 2.68. The molecule has 4 nitrogen and oxygen atoms in total. The van der Waals surface area contributed by atoms with E-state index in [0.29, 0.717) is 29.0 Å². The first-order valence-electron chi connectivity index (χ1n) is 9.30. The number of fused-ring (bicyclic) bond motifs is 1. The van der Waals surface area contributed by atoms with Crippen LogP contribution in [0.3, 0.4) is 0 Å². The number of ether oxygens (including phenoxy) is 1. The lowest BCUT2D eigenvalue weighted by molar-refractivity contribution is -0.140. The van der Waals surface area contributed by atoms with Crippen molar-refractivity contribution < 1.29 is 19.1 Å². The van der Waals surface area contributed by atoms with Crippen LogP contribution in [0.1, 0.15) is 47.5 Å². The fraction of sp³-hybridized carbons (Fsp3) is 0.318. The lowest BCUT2D eigenvalue weighted by atomic mass is 9.67. The number of benzene rings is 2. The van der Waals surface area contributed by atoms with Crippen LogP contribution in [0.4, 0.5) is 0 Å². The topological polar surface area (TPSA) is 60.4 Å². The van der Waals surface area contributed by atoms with E-state index in [1.54, 1.807) is 36.4 Å². The van der Waals surface area contributed by atoms with Gasteiger partial charge in [0.05, 0.1) is 5.02 Å². The van der Waals surface area contributed by atoms with E-state index >= 15 is 0 Å². The molecule has 28 heavy (non-hydrogen) atoms. The molecule has 1 saturated carbocycles. The molecule has 1 aliphatic carbocycles. The monoisotopic (exact) mass is 416 g/mol. The molecule has 0 aromatic heterocycles. The highest BCUT2D eigenvalue weighted by Crippen LogP contribution is 2.50. The molecule has 2 aromatic rings. The third kappa shape index (κ3) is 3.36. The Kier molecular flexibility index (Phi) is 5.26. The Labute approximate surface area is 172 Å². The molecular formula is C22H18Cl2O4. The van der Waals surface area contributed by atoms with Crippen LogP contribution in [0, 0.1) is 11.8 Å². The predicted molar refractivity (Wildman–Crippen MR) is 106 cm³/mol. The molecular weight excluding hydrogens is 399 g/mol. The lowest BCUT2D eigenvalue weighted by Crippen LogP contribution is -2.43. The maximum atomic E-state index is 13.3. The van der Waals surface area contributed by atoms with Gasteiger partial charge < -0.3 is 4.74 Å². The third-order valence-electron chi connectivity index (χ3n) is 5.59. The van der Waals surface area contributed by atoms with Gasteiger partial charge in [-0.3, -0.25) is 14.4 Å². The number of Topliss-reactive ketones (excluding diaryl/α,β-unsaturated/α-hetero) is 2. The minimum atomic E-state index is -1.10. The number of halogens is 2. The molecule has 2 aromatic carbocycles. The number of hydrogen-bond acceptors (Lipinski definition) is 4. The van der Waals surface area contributed by atoms with Gasteiger partial charge in [0.15, 0.2) is 11.5 Å². The molecule has 0 saturated heterocycles. The highest BCUT2D eigenvalue weighted by atomic mass is 35.5. The molecule has 1 aliphatic heterocycles. The van der Waals surface area contributed by atoms with Gasteiger partial charge in [-0.15, -0.1) is 0 Å². The zero-order valence-electron chi connectivity index (χ0n) is 15.0. The fourth-order valence-electron chi connectivity index (χ4n) is 4.32. The quantitative estimate of drug-likeness (QED) is 0.296. The van der Waals surface area contributed by atoms with Crippen molar-refractivity contribution >= 4 is 40.7 Å². The predicted octanol–water partition coefficient (Wildman–Crippen LogP) is 5.25. The Balaban J connectivity index is 1.87. The molecule has 4 rings (SSSR count). The number of rotatable bonds is 3. The number of hydrogen-bond donors (Lipinski definition) is 0. The van der Waals surface area contributed by atoms with Gasteiger partial charge in [0.25, 0.3) is 0 Å². The van der Waals surface area contributed by atoms with Gasteiger partial charge >= 0.3 is 5.97 Å². The second-order valence-electron chi connectivity index (χ2n) is 7.28. The summed E-state index contributed by atoms with van der Waals surface area (Å²) in [5, 5.41) is 0.579. The Bertz CT molecular complexity index is 955. The van der Waals surface area contributed by atoms with Crippen molar-refractivity contribution in [1.29, 1.82) is 0 Å². The lowest BCUT2D eigenvalue weighted by Gasteiger charge is -2.37. The average molecular weight is 417 g/mol. The summed E-state index contributed by atoms with van der Waals surface area (Å²) in [5.41, 5.74) is 0.973. The van der Waals surface area contributed by atoms with Crippen molar-refractivity contribution in [2.24, 2.45) is 11.8 Å². The molecule has 144 valence electrons. The van der Waals surface area contributed by atoms with Gasteiger partial charge in [0.1, 0.15) is 11.7 Å². The van der Waals surface area contributed by atoms with Crippen LogP contribution >= 0.6 is 23.2 Å². The smallest absolute Gasteiger partial charge is 0.322 e. The van der Waals surface area contributed by atoms with Crippen LogP contribution in [0.25, 0.3) is 0 Å². The normalized spacial score (nSPS) is 24.4. The van der Waals surface area contributed by atoms with Crippen molar-refractivity contribution in [2.75, 3.05) is 0 Å². The van der Waals surface area contributed by atoms with Crippen LogP contribution in [-0.2, 0) is 9.59 Å². The van der Waals surface area contributed by atoms with Crippen molar-refractivity contribution in [3.05, 3.63) is 63.6 Å². The van der Waals surface area contributed by atoms with Crippen LogP contribution < -0.4 is 4.74 Å². The van der Waals surface area contributed by atoms with Crippen molar-refractivity contribution in [3.63, 3.8) is 0 Å². The zero-order chi connectivity index (χ0) is 19.8. The van der Waals surface area contributed by atoms with Gasteiger partial charge in [-0.2, -0.15) is 0 Å². The van der Waals surface area contributed by atoms with Crippen LogP contribution in [0.2, 0.25) is 10.0 Å². The number of carbonyl (C=O) groups is 3. The fourth-order valence-corrected chi connectivity index (χ4v) is 4.86. The highest BCUT2D eigenvalue weighted by molar-refractivity contribution is 6.36. The second kappa shape index (κ2) is 7.69. The molecule has 1 heterocycles. The maximum absolute atomic E-state index is 13.3. The molecule has 0 N–H and O–H groups in total. The summed E-state index contributed by atoms with van der Waals surface area (Å²) in [6.07, 6.45) is 2.77. The first-order chi connectivity index (χ1) is 13.5. The molecule has 2 aliphatic rings. The molecule has 0 radical (unpaired) electrons. The van der Waals surface area contributed by atoms with Gasteiger partial charge in [0, 0.05) is 34.4 Å². The summed E-state index contributed by atoms with van der Waals surface area (Å²) in [4.78, 5) is 38.9. The van der Waals surface area contributed by atoms with Gasteiger partial charge in [-0.1, -0.05) is 60.0 Å². The van der Waals surface area contributed by atoms with Gasteiger partial charge in [-0.25, -0.2) is 0 Å². The van der Waals surface area contributed by atoms with Crippen molar-refractivity contribution in [3.8, 4) is 5.75 Å². The van der Waals surface area contributed by atoms with E-state index in [-0.39, 0.29) is 22.3 Å². The van der Waals surface area contributed by atoms with Crippen LogP contribution in [-0.4, -0.2) is 17.5 Å². The number of ketones is 2. The van der Waals surface area contributed by atoms with Gasteiger partial charge in [0.2, 0.25) is 0 Å². The van der Waals surface area contributed by atoms with Crippen LogP contribution in [0.5, 0.6) is 5.75 Å². The van der Waals surface area contributed by atoms with Crippen LogP contribution in [0.15, 0.2) is 42.5 Å². The standard InChI is InChI=1S/C22H18Cl2O4/c23-13-10-15-18(14-8-4-5-9-17(14)25)19(20(26)12-6-2-1-3-7-12)22(27)28-21(15)16(24)11-13/h1-3,6-7,10-11,14,18-19H,4-5,8-9H2/t14-,18-,19-/m1/s1. The molecule has 0 amide bonds. The summed E-state index contributed by atoms with van der Waals surface area (Å²) < 4.78 is 5.47. The van der Waals surface area contributed by atoms with E-state index in [1.807, 2.05) is 0 Å². The van der Waals surface area contributed by atoms with E-state index in [0.717, 1.165) is 12.8 Å². The van der Waals surface area contributed by atoms with E-state index in [4.69, 9.17) is 27.9 Å². The molecule has 0 unspecified atom stereocenters. The molecule has 0 spiro atoms.